The standard InChI is InChI=1S/C14H20ClNO2/c1-10(7-8-16)3-5-13(17)12-9-11(15)4-6-14(12)18-2/h4,6,9-10H,3,5,7-8,16H2,1-2H3. The monoisotopic (exact) mass is 269 g/mol. The maximum atomic E-state index is 12.1. The maximum Gasteiger partial charge on any atom is 0.166 e. The highest BCUT2D eigenvalue weighted by Crippen LogP contribution is 2.25. The lowest BCUT2D eigenvalue weighted by atomic mass is 9.97. The van der Waals surface area contributed by atoms with Gasteiger partial charge < -0.3 is 10.5 Å². The Labute approximate surface area is 113 Å². The smallest absolute Gasteiger partial charge is 0.166 e. The number of methoxy groups -OCH3 is 1. The van der Waals surface area contributed by atoms with Crippen LogP contribution < -0.4 is 10.5 Å². The van der Waals surface area contributed by atoms with Crippen molar-refractivity contribution in [3.63, 3.8) is 0 Å². The highest BCUT2D eigenvalue weighted by Gasteiger charge is 2.14. The van der Waals surface area contributed by atoms with Crippen LogP contribution in [-0.4, -0.2) is 19.4 Å². The van der Waals surface area contributed by atoms with Crippen molar-refractivity contribution in [2.24, 2.45) is 11.7 Å². The van der Waals surface area contributed by atoms with Crippen LogP contribution in [-0.2, 0) is 0 Å². The molecule has 0 radical (unpaired) electrons. The van der Waals surface area contributed by atoms with E-state index in [1.807, 2.05) is 0 Å². The van der Waals surface area contributed by atoms with E-state index in [9.17, 15) is 4.79 Å². The van der Waals surface area contributed by atoms with Crippen molar-refractivity contribution < 1.29 is 9.53 Å². The van der Waals surface area contributed by atoms with Crippen LogP contribution in [0, 0.1) is 5.92 Å². The number of nitrogens with two attached hydrogens (primary N) is 1. The van der Waals surface area contributed by atoms with Gasteiger partial charge >= 0.3 is 0 Å². The predicted octanol–water partition coefficient (Wildman–Crippen LogP) is 3.30. The van der Waals surface area contributed by atoms with Gasteiger partial charge in [-0.05, 0) is 43.5 Å². The summed E-state index contributed by atoms with van der Waals surface area (Å²) >= 11 is 5.91. The molecule has 0 spiro atoms. The van der Waals surface area contributed by atoms with E-state index in [-0.39, 0.29) is 5.78 Å². The van der Waals surface area contributed by atoms with Crippen LogP contribution >= 0.6 is 11.6 Å². The van der Waals surface area contributed by atoms with Crippen LogP contribution in [0.25, 0.3) is 0 Å². The van der Waals surface area contributed by atoms with Gasteiger partial charge in [0.15, 0.2) is 5.78 Å². The number of ketones is 1. The Morgan fingerprint density at radius 2 is 2.17 bits per heavy atom. The first kappa shape index (κ1) is 15.0. The Kier molecular flexibility index (Phi) is 6.16. The lowest BCUT2D eigenvalue weighted by Crippen LogP contribution is -2.09. The number of Topliss-reactive ketones (excluding diaryl/α,β-unsaturated/α-hetero) is 1. The molecule has 2 N–H and O–H groups in total. The van der Waals surface area contributed by atoms with Crippen molar-refractivity contribution in [1.82, 2.24) is 0 Å². The molecule has 0 heterocycles. The Hall–Kier alpha value is -1.06. The van der Waals surface area contributed by atoms with Gasteiger partial charge in [-0.25, -0.2) is 0 Å². The molecule has 18 heavy (non-hydrogen) atoms. The molecule has 1 rings (SSSR count). The first-order valence-electron chi connectivity index (χ1n) is 6.15. The van der Waals surface area contributed by atoms with E-state index in [0.29, 0.717) is 35.2 Å². The van der Waals surface area contributed by atoms with Gasteiger partial charge in [0.2, 0.25) is 0 Å². The summed E-state index contributed by atoms with van der Waals surface area (Å²) in [5.74, 6) is 1.11. The zero-order chi connectivity index (χ0) is 13.5. The average Bonchev–Trinajstić information content (AvgIpc) is 2.36. The van der Waals surface area contributed by atoms with E-state index in [0.717, 1.165) is 12.8 Å². The molecule has 100 valence electrons. The molecule has 1 aromatic rings. The highest BCUT2D eigenvalue weighted by atomic mass is 35.5. The second-order valence-corrected chi connectivity index (χ2v) is 4.93. The minimum absolute atomic E-state index is 0.0678. The highest BCUT2D eigenvalue weighted by molar-refractivity contribution is 6.31. The molecule has 0 bridgehead atoms. The fourth-order valence-electron chi connectivity index (χ4n) is 1.84. The van der Waals surface area contributed by atoms with Gasteiger partial charge in [-0.2, -0.15) is 0 Å². The summed E-state index contributed by atoms with van der Waals surface area (Å²) in [5.41, 5.74) is 6.05. The summed E-state index contributed by atoms with van der Waals surface area (Å²) in [6.45, 7) is 2.77. The Morgan fingerprint density at radius 3 is 2.78 bits per heavy atom. The van der Waals surface area contributed by atoms with Gasteiger partial charge in [0.25, 0.3) is 0 Å². The number of benzene rings is 1. The van der Waals surface area contributed by atoms with Gasteiger partial charge in [0, 0.05) is 11.4 Å². The summed E-state index contributed by atoms with van der Waals surface area (Å²) in [5, 5.41) is 0.550. The summed E-state index contributed by atoms with van der Waals surface area (Å²) < 4.78 is 5.18. The second kappa shape index (κ2) is 7.39. The number of hydrogen-bond acceptors (Lipinski definition) is 3. The van der Waals surface area contributed by atoms with Crippen molar-refractivity contribution in [3.8, 4) is 5.75 Å². The largest absolute Gasteiger partial charge is 0.496 e. The molecular formula is C14H20ClNO2. The van der Waals surface area contributed by atoms with Gasteiger partial charge in [0.1, 0.15) is 5.75 Å². The number of ether oxygens (including phenoxy) is 1. The van der Waals surface area contributed by atoms with Gasteiger partial charge in [-0.3, -0.25) is 4.79 Å². The Balaban J connectivity index is 2.68. The molecule has 3 nitrogen and oxygen atoms in total. The van der Waals surface area contributed by atoms with E-state index in [2.05, 4.69) is 6.92 Å². The number of carbonyl (C=O) groups is 1. The van der Waals surface area contributed by atoms with Crippen LogP contribution in [0.1, 0.15) is 36.5 Å². The minimum atomic E-state index is 0.0678. The second-order valence-electron chi connectivity index (χ2n) is 4.49. The van der Waals surface area contributed by atoms with Crippen molar-refractivity contribution in [2.45, 2.75) is 26.2 Å². The molecule has 0 saturated heterocycles. The van der Waals surface area contributed by atoms with E-state index in [1.165, 1.54) is 0 Å². The lowest BCUT2D eigenvalue weighted by molar-refractivity contribution is 0.0971. The topological polar surface area (TPSA) is 52.3 Å². The van der Waals surface area contributed by atoms with E-state index in [4.69, 9.17) is 22.1 Å². The normalized spacial score (nSPS) is 12.2. The molecule has 1 aromatic carbocycles. The molecule has 1 atom stereocenters. The summed E-state index contributed by atoms with van der Waals surface area (Å²) in [6.07, 6.45) is 2.28. The fraction of sp³-hybridized carbons (Fsp3) is 0.500. The van der Waals surface area contributed by atoms with Crippen LogP contribution in [0.15, 0.2) is 18.2 Å². The number of halogens is 1. The lowest BCUT2D eigenvalue weighted by Gasteiger charge is -2.11. The van der Waals surface area contributed by atoms with E-state index < -0.39 is 0 Å². The number of carbonyl (C=O) groups excluding carboxylic acids is 1. The molecule has 1 unspecified atom stereocenters. The molecule has 0 fully saturated rings. The zero-order valence-corrected chi connectivity index (χ0v) is 11.7. The molecule has 0 amide bonds. The molecule has 0 aliphatic rings. The first-order valence-corrected chi connectivity index (χ1v) is 6.53. The first-order chi connectivity index (χ1) is 8.58. The fourth-order valence-corrected chi connectivity index (χ4v) is 2.01. The number of rotatable bonds is 7. The van der Waals surface area contributed by atoms with E-state index >= 15 is 0 Å². The minimum Gasteiger partial charge on any atom is -0.496 e. The molecule has 0 aliphatic carbocycles. The van der Waals surface area contributed by atoms with Crippen LogP contribution in [0.5, 0.6) is 5.75 Å². The third kappa shape index (κ3) is 4.31. The van der Waals surface area contributed by atoms with Gasteiger partial charge in [-0.1, -0.05) is 18.5 Å². The van der Waals surface area contributed by atoms with Crippen molar-refractivity contribution in [1.29, 1.82) is 0 Å². The third-order valence-corrected chi connectivity index (χ3v) is 3.22. The van der Waals surface area contributed by atoms with Crippen LogP contribution in [0.3, 0.4) is 0 Å². The quantitative estimate of drug-likeness (QED) is 0.773. The Bertz CT molecular complexity index is 407. The van der Waals surface area contributed by atoms with E-state index in [1.54, 1.807) is 25.3 Å². The Morgan fingerprint density at radius 1 is 1.44 bits per heavy atom. The summed E-state index contributed by atoms with van der Waals surface area (Å²) in [4.78, 5) is 12.1. The molecule has 0 aliphatic heterocycles. The van der Waals surface area contributed by atoms with Gasteiger partial charge in [0.05, 0.1) is 12.7 Å². The predicted molar refractivity (Wildman–Crippen MR) is 74.4 cm³/mol. The summed E-state index contributed by atoms with van der Waals surface area (Å²) in [6, 6.07) is 5.10. The zero-order valence-electron chi connectivity index (χ0n) is 10.9. The summed E-state index contributed by atoms with van der Waals surface area (Å²) in [7, 11) is 1.55. The average molecular weight is 270 g/mol. The maximum absolute atomic E-state index is 12.1. The van der Waals surface area contributed by atoms with Crippen LogP contribution in [0.2, 0.25) is 5.02 Å². The van der Waals surface area contributed by atoms with Crippen molar-refractivity contribution >= 4 is 17.4 Å². The molecule has 0 aromatic heterocycles. The SMILES string of the molecule is COc1ccc(Cl)cc1C(=O)CCC(C)CCN. The van der Waals surface area contributed by atoms with Crippen molar-refractivity contribution in [2.75, 3.05) is 13.7 Å². The molecule has 4 heteroatoms. The molecular weight excluding hydrogens is 250 g/mol. The van der Waals surface area contributed by atoms with Gasteiger partial charge in [-0.15, -0.1) is 0 Å². The van der Waals surface area contributed by atoms with Crippen molar-refractivity contribution in [3.05, 3.63) is 28.8 Å². The van der Waals surface area contributed by atoms with Crippen LogP contribution in [0.4, 0.5) is 0 Å². The third-order valence-electron chi connectivity index (χ3n) is 2.99. The number of hydrogen-bond donors (Lipinski definition) is 1. The molecule has 0 saturated carbocycles.